The van der Waals surface area contributed by atoms with Crippen LogP contribution in [0.25, 0.3) is 0 Å². The molecule has 11 heavy (non-hydrogen) atoms. The van der Waals surface area contributed by atoms with Crippen LogP contribution < -0.4 is 0 Å². The van der Waals surface area contributed by atoms with Gasteiger partial charge in [0, 0.05) is 6.42 Å². The second-order valence-electron chi connectivity index (χ2n) is 2.20. The summed E-state index contributed by atoms with van der Waals surface area (Å²) < 4.78 is 24.9. The van der Waals surface area contributed by atoms with E-state index in [2.05, 4.69) is 0 Å². The highest BCUT2D eigenvalue weighted by molar-refractivity contribution is 5.90. The average molecular weight is 160 g/mol. The van der Waals surface area contributed by atoms with Gasteiger partial charge in [-0.3, -0.25) is 0 Å². The Kier molecular flexibility index (Phi) is 2.03. The van der Waals surface area contributed by atoms with Crippen molar-refractivity contribution in [2.45, 2.75) is 12.6 Å². The van der Waals surface area contributed by atoms with Gasteiger partial charge >= 0.3 is 5.97 Å². The minimum atomic E-state index is -1.39. The van der Waals surface area contributed by atoms with Crippen molar-refractivity contribution >= 4 is 5.97 Å². The first-order valence-corrected chi connectivity index (χ1v) is 3.05. The number of aliphatic carboxylic acids is 1. The van der Waals surface area contributed by atoms with Crippen LogP contribution in [0.4, 0.5) is 8.78 Å². The molecule has 0 aromatic rings. The zero-order chi connectivity index (χ0) is 8.43. The summed E-state index contributed by atoms with van der Waals surface area (Å²) in [6, 6.07) is 0. The number of allylic oxidation sites excluding steroid dienone is 2. The largest absolute Gasteiger partial charge is 0.478 e. The molecule has 0 aliphatic heterocycles. The highest BCUT2D eigenvalue weighted by Crippen LogP contribution is 2.22. The van der Waals surface area contributed by atoms with Crippen LogP contribution in [0, 0.1) is 0 Å². The third-order valence-corrected chi connectivity index (χ3v) is 1.37. The molecule has 0 aromatic carbocycles. The van der Waals surface area contributed by atoms with Crippen LogP contribution in [0.5, 0.6) is 0 Å². The lowest BCUT2D eigenvalue weighted by Gasteiger charge is -2.08. The second kappa shape index (κ2) is 2.82. The molecule has 1 N–H and O–H groups in total. The smallest absolute Gasteiger partial charge is 0.338 e. The van der Waals surface area contributed by atoms with E-state index in [1.54, 1.807) is 0 Å². The fraction of sp³-hybridized carbons (Fsp3) is 0.286. The summed E-state index contributed by atoms with van der Waals surface area (Å²) in [6.45, 7) is 0. The second-order valence-corrected chi connectivity index (χ2v) is 2.20. The monoisotopic (exact) mass is 160 g/mol. The van der Waals surface area contributed by atoms with Crippen molar-refractivity contribution in [1.82, 2.24) is 0 Å². The van der Waals surface area contributed by atoms with E-state index in [9.17, 15) is 13.6 Å². The SMILES string of the molecule is O=C(O)C1=C(F)C[C@H](F)C=C1. The van der Waals surface area contributed by atoms with Crippen LogP contribution in [0.3, 0.4) is 0 Å². The van der Waals surface area contributed by atoms with Crippen molar-refractivity contribution in [2.24, 2.45) is 0 Å². The third kappa shape index (κ3) is 1.63. The van der Waals surface area contributed by atoms with E-state index in [4.69, 9.17) is 5.11 Å². The van der Waals surface area contributed by atoms with Crippen LogP contribution in [-0.4, -0.2) is 17.2 Å². The topological polar surface area (TPSA) is 37.3 Å². The van der Waals surface area contributed by atoms with E-state index >= 15 is 0 Å². The number of alkyl halides is 1. The fourth-order valence-corrected chi connectivity index (χ4v) is 0.828. The molecule has 0 aromatic heterocycles. The molecule has 0 fully saturated rings. The van der Waals surface area contributed by atoms with Gasteiger partial charge in [0.2, 0.25) is 0 Å². The standard InChI is InChI=1S/C7H6F2O2/c8-4-1-2-5(7(10)11)6(9)3-4/h1-2,4H,3H2,(H,10,11)/t4-/m1/s1. The van der Waals surface area contributed by atoms with Crippen LogP contribution in [-0.2, 0) is 4.79 Å². The van der Waals surface area contributed by atoms with Crippen LogP contribution in [0.1, 0.15) is 6.42 Å². The summed E-state index contributed by atoms with van der Waals surface area (Å²) in [7, 11) is 0. The van der Waals surface area contributed by atoms with Crippen LogP contribution in [0.15, 0.2) is 23.6 Å². The van der Waals surface area contributed by atoms with Gasteiger partial charge in [0.1, 0.15) is 12.0 Å². The molecule has 4 heteroatoms. The molecule has 0 amide bonds. The zero-order valence-electron chi connectivity index (χ0n) is 5.55. The van der Waals surface area contributed by atoms with Crippen LogP contribution in [0.2, 0.25) is 0 Å². The number of carbonyl (C=O) groups is 1. The number of halogens is 2. The normalized spacial score (nSPS) is 24.0. The molecule has 0 saturated carbocycles. The van der Waals surface area contributed by atoms with Crippen molar-refractivity contribution in [3.8, 4) is 0 Å². The van der Waals surface area contributed by atoms with Crippen molar-refractivity contribution < 1.29 is 18.7 Å². The molecule has 0 saturated heterocycles. The Morgan fingerprint density at radius 3 is 2.82 bits per heavy atom. The van der Waals surface area contributed by atoms with Gasteiger partial charge in [-0.25, -0.2) is 13.6 Å². The van der Waals surface area contributed by atoms with Gasteiger partial charge in [0.15, 0.2) is 0 Å². The molecule has 1 aliphatic carbocycles. The van der Waals surface area contributed by atoms with Gasteiger partial charge in [-0.05, 0) is 12.2 Å². The summed E-state index contributed by atoms with van der Waals surface area (Å²) >= 11 is 0. The number of rotatable bonds is 1. The molecule has 0 heterocycles. The minimum Gasteiger partial charge on any atom is -0.478 e. The van der Waals surface area contributed by atoms with E-state index in [1.165, 1.54) is 0 Å². The molecule has 0 bridgehead atoms. The molecule has 0 radical (unpaired) electrons. The van der Waals surface area contributed by atoms with Crippen molar-refractivity contribution in [2.75, 3.05) is 0 Å². The Morgan fingerprint density at radius 2 is 2.36 bits per heavy atom. The van der Waals surface area contributed by atoms with Gasteiger partial charge in [-0.15, -0.1) is 0 Å². The summed E-state index contributed by atoms with van der Waals surface area (Å²) in [6.07, 6.45) is 0.134. The summed E-state index contributed by atoms with van der Waals surface area (Å²) in [5.41, 5.74) is -0.445. The van der Waals surface area contributed by atoms with E-state index in [-0.39, 0.29) is 0 Å². The first-order valence-electron chi connectivity index (χ1n) is 3.05. The van der Waals surface area contributed by atoms with Crippen LogP contribution >= 0.6 is 0 Å². The van der Waals surface area contributed by atoms with Gasteiger partial charge in [-0.2, -0.15) is 0 Å². The summed E-state index contributed by atoms with van der Waals surface area (Å²) in [5, 5.41) is 8.32. The molecule has 1 aliphatic rings. The Bertz CT molecular complexity index is 243. The molecule has 1 atom stereocenters. The number of hydrogen-bond donors (Lipinski definition) is 1. The zero-order valence-corrected chi connectivity index (χ0v) is 5.55. The minimum absolute atomic E-state index is 0.445. The third-order valence-electron chi connectivity index (χ3n) is 1.37. The van der Waals surface area contributed by atoms with Gasteiger partial charge < -0.3 is 5.11 Å². The van der Waals surface area contributed by atoms with Crippen molar-refractivity contribution in [3.05, 3.63) is 23.6 Å². The fourth-order valence-electron chi connectivity index (χ4n) is 0.828. The predicted molar refractivity (Wildman–Crippen MR) is 34.4 cm³/mol. The molecule has 1 rings (SSSR count). The van der Waals surface area contributed by atoms with E-state index in [1.807, 2.05) is 0 Å². The molecular weight excluding hydrogens is 154 g/mol. The van der Waals surface area contributed by atoms with Gasteiger partial charge in [0.25, 0.3) is 0 Å². The molecule has 2 nitrogen and oxygen atoms in total. The lowest BCUT2D eigenvalue weighted by Crippen LogP contribution is -2.08. The number of hydrogen-bond acceptors (Lipinski definition) is 1. The lowest BCUT2D eigenvalue weighted by atomic mass is 10.1. The Hall–Kier alpha value is -1.19. The summed E-state index contributed by atoms with van der Waals surface area (Å²) in [5.74, 6) is -2.25. The maximum absolute atomic E-state index is 12.6. The first-order chi connectivity index (χ1) is 5.11. The van der Waals surface area contributed by atoms with E-state index < -0.39 is 30.0 Å². The lowest BCUT2D eigenvalue weighted by molar-refractivity contribution is -0.132. The molecule has 60 valence electrons. The Balaban J connectivity index is 2.88. The first kappa shape index (κ1) is 7.91. The van der Waals surface area contributed by atoms with Gasteiger partial charge in [0.05, 0.1) is 5.57 Å². The van der Waals surface area contributed by atoms with Gasteiger partial charge in [-0.1, -0.05) is 0 Å². The van der Waals surface area contributed by atoms with E-state index in [0.717, 1.165) is 12.2 Å². The number of carboxylic acid groups (broad SMARTS) is 1. The Labute approximate surface area is 61.8 Å². The Morgan fingerprint density at radius 1 is 1.73 bits per heavy atom. The van der Waals surface area contributed by atoms with E-state index in [0.29, 0.717) is 0 Å². The maximum Gasteiger partial charge on any atom is 0.338 e. The highest BCUT2D eigenvalue weighted by atomic mass is 19.1. The molecule has 0 spiro atoms. The quantitative estimate of drug-likeness (QED) is 0.632. The number of carboxylic acids is 1. The maximum atomic E-state index is 12.6. The van der Waals surface area contributed by atoms with Crippen molar-refractivity contribution in [1.29, 1.82) is 0 Å². The molecular formula is C7H6F2O2. The predicted octanol–water partition coefficient (Wildman–Crippen LogP) is 1.59. The highest BCUT2D eigenvalue weighted by Gasteiger charge is 2.19. The average Bonchev–Trinajstić information content (AvgIpc) is 1.85. The molecule has 0 unspecified atom stereocenters. The van der Waals surface area contributed by atoms with Crippen molar-refractivity contribution in [3.63, 3.8) is 0 Å². The summed E-state index contributed by atoms with van der Waals surface area (Å²) in [4.78, 5) is 10.2.